The summed E-state index contributed by atoms with van der Waals surface area (Å²) in [6.45, 7) is 10.1. The average Bonchev–Trinajstić information content (AvgIpc) is 2.79. The van der Waals surface area contributed by atoms with Crippen molar-refractivity contribution in [3.63, 3.8) is 0 Å². The third-order valence-corrected chi connectivity index (χ3v) is 5.71. The molecule has 2 aromatic carbocycles. The molecular weight excluding hydrogens is 404 g/mol. The van der Waals surface area contributed by atoms with E-state index in [0.717, 1.165) is 23.1 Å². The van der Waals surface area contributed by atoms with Crippen LogP contribution in [-0.4, -0.2) is 42.5 Å². The summed E-state index contributed by atoms with van der Waals surface area (Å²) in [7, 11) is 1.61. The largest absolute Gasteiger partial charge is 0.497 e. The molecule has 0 saturated heterocycles. The number of carbonyl (C=O) groups excluding carboxylic acids is 2. The van der Waals surface area contributed by atoms with Gasteiger partial charge in [-0.05, 0) is 74.6 Å². The Morgan fingerprint density at radius 3 is 2.38 bits per heavy atom. The lowest BCUT2D eigenvalue weighted by molar-refractivity contribution is -0.143. The summed E-state index contributed by atoms with van der Waals surface area (Å²) in [4.78, 5) is 27.9. The monoisotopic (exact) mass is 440 g/mol. The molecule has 2 atom stereocenters. The lowest BCUT2D eigenvalue weighted by atomic mass is 10.1. The van der Waals surface area contributed by atoms with Crippen LogP contribution in [0.15, 0.2) is 42.5 Å². The van der Waals surface area contributed by atoms with E-state index in [1.807, 2.05) is 77.1 Å². The van der Waals surface area contributed by atoms with Crippen LogP contribution in [0.2, 0.25) is 0 Å². The molecule has 0 aliphatic heterocycles. The summed E-state index contributed by atoms with van der Waals surface area (Å²) < 4.78 is 11.1. The van der Waals surface area contributed by atoms with Gasteiger partial charge in [0.15, 0.2) is 6.61 Å². The molecule has 174 valence electrons. The number of benzene rings is 2. The van der Waals surface area contributed by atoms with Crippen LogP contribution >= 0.6 is 0 Å². The molecule has 0 saturated carbocycles. The molecule has 0 aromatic heterocycles. The molecule has 32 heavy (non-hydrogen) atoms. The van der Waals surface area contributed by atoms with Gasteiger partial charge in [-0.1, -0.05) is 32.0 Å². The highest BCUT2D eigenvalue weighted by Gasteiger charge is 2.29. The fraction of sp³-hybridized carbons (Fsp3) is 0.462. The van der Waals surface area contributed by atoms with Crippen molar-refractivity contribution in [3.05, 3.63) is 59.2 Å². The van der Waals surface area contributed by atoms with Crippen molar-refractivity contribution in [1.29, 1.82) is 0 Å². The highest BCUT2D eigenvalue weighted by Crippen LogP contribution is 2.19. The second kappa shape index (κ2) is 12.1. The van der Waals surface area contributed by atoms with Gasteiger partial charge < -0.3 is 19.7 Å². The van der Waals surface area contributed by atoms with Gasteiger partial charge in [0.1, 0.15) is 17.5 Å². The van der Waals surface area contributed by atoms with Crippen LogP contribution in [0.1, 0.15) is 50.3 Å². The molecular formula is C26H36N2O4. The molecule has 0 aliphatic carbocycles. The third-order valence-electron chi connectivity index (χ3n) is 5.71. The highest BCUT2D eigenvalue weighted by atomic mass is 16.5. The Labute approximate surface area is 191 Å². The minimum Gasteiger partial charge on any atom is -0.497 e. The molecule has 0 fully saturated rings. The van der Waals surface area contributed by atoms with Crippen molar-refractivity contribution in [1.82, 2.24) is 10.2 Å². The normalized spacial score (nSPS) is 12.6. The maximum Gasteiger partial charge on any atom is 0.261 e. The Morgan fingerprint density at radius 2 is 1.75 bits per heavy atom. The number of aryl methyl sites for hydroxylation is 2. The van der Waals surface area contributed by atoms with Gasteiger partial charge in [-0.3, -0.25) is 9.59 Å². The van der Waals surface area contributed by atoms with Gasteiger partial charge in [0.25, 0.3) is 5.91 Å². The van der Waals surface area contributed by atoms with Crippen LogP contribution < -0.4 is 14.8 Å². The third kappa shape index (κ3) is 7.01. The van der Waals surface area contributed by atoms with E-state index in [4.69, 9.17) is 9.47 Å². The summed E-state index contributed by atoms with van der Waals surface area (Å²) in [5.41, 5.74) is 3.15. The minimum atomic E-state index is -0.592. The molecule has 0 radical (unpaired) electrons. The van der Waals surface area contributed by atoms with E-state index in [9.17, 15) is 9.59 Å². The number of methoxy groups -OCH3 is 1. The van der Waals surface area contributed by atoms with Gasteiger partial charge >= 0.3 is 0 Å². The van der Waals surface area contributed by atoms with E-state index in [1.54, 1.807) is 12.0 Å². The van der Waals surface area contributed by atoms with Crippen LogP contribution in [0.5, 0.6) is 11.5 Å². The highest BCUT2D eigenvalue weighted by molar-refractivity contribution is 5.88. The number of amides is 2. The smallest absolute Gasteiger partial charge is 0.261 e. The zero-order valence-corrected chi connectivity index (χ0v) is 20.1. The summed E-state index contributed by atoms with van der Waals surface area (Å²) in [5, 5.41) is 3.01. The van der Waals surface area contributed by atoms with E-state index in [1.165, 1.54) is 0 Å². The van der Waals surface area contributed by atoms with Crippen molar-refractivity contribution in [2.75, 3.05) is 13.7 Å². The number of rotatable bonds is 11. The van der Waals surface area contributed by atoms with Gasteiger partial charge in [-0.15, -0.1) is 0 Å². The maximum absolute atomic E-state index is 13.3. The summed E-state index contributed by atoms with van der Waals surface area (Å²) in [6.07, 6.45) is 1.32. The molecule has 6 nitrogen and oxygen atoms in total. The van der Waals surface area contributed by atoms with E-state index in [-0.39, 0.29) is 24.5 Å². The zero-order valence-electron chi connectivity index (χ0n) is 20.1. The van der Waals surface area contributed by atoms with E-state index in [2.05, 4.69) is 5.32 Å². The average molecular weight is 441 g/mol. The Balaban J connectivity index is 2.24. The molecule has 6 heteroatoms. The first-order valence-electron chi connectivity index (χ1n) is 11.2. The second-order valence-corrected chi connectivity index (χ2v) is 8.15. The van der Waals surface area contributed by atoms with Crippen molar-refractivity contribution in [3.8, 4) is 11.5 Å². The topological polar surface area (TPSA) is 67.9 Å². The molecule has 0 spiro atoms. The molecule has 0 unspecified atom stereocenters. The van der Waals surface area contributed by atoms with Crippen LogP contribution in [0, 0.1) is 13.8 Å². The summed E-state index contributed by atoms with van der Waals surface area (Å²) in [5.74, 6) is 0.958. The zero-order chi connectivity index (χ0) is 23.7. The van der Waals surface area contributed by atoms with E-state index >= 15 is 0 Å². The van der Waals surface area contributed by atoms with Gasteiger partial charge in [0, 0.05) is 12.6 Å². The van der Waals surface area contributed by atoms with Gasteiger partial charge in [0.2, 0.25) is 5.91 Å². The predicted molar refractivity (Wildman–Crippen MR) is 127 cm³/mol. The second-order valence-electron chi connectivity index (χ2n) is 8.15. The quantitative estimate of drug-likeness (QED) is 0.562. The fourth-order valence-corrected chi connectivity index (χ4v) is 3.36. The first-order valence-corrected chi connectivity index (χ1v) is 11.2. The van der Waals surface area contributed by atoms with Gasteiger partial charge in [-0.25, -0.2) is 0 Å². The molecule has 0 aliphatic rings. The van der Waals surface area contributed by atoms with Crippen molar-refractivity contribution < 1.29 is 19.1 Å². The molecule has 2 rings (SSSR count). The lowest BCUT2D eigenvalue weighted by Gasteiger charge is -2.31. The van der Waals surface area contributed by atoms with Crippen LogP contribution in [0.25, 0.3) is 0 Å². The Morgan fingerprint density at radius 1 is 1.00 bits per heavy atom. The minimum absolute atomic E-state index is 0.0390. The number of nitrogens with one attached hydrogen (secondary N) is 1. The molecule has 2 amide bonds. The number of ether oxygens (including phenoxy) is 2. The maximum atomic E-state index is 13.3. The number of nitrogens with zero attached hydrogens (tertiary/aromatic N) is 1. The van der Waals surface area contributed by atoms with Crippen molar-refractivity contribution in [2.24, 2.45) is 0 Å². The number of carbonyl (C=O) groups is 2. The van der Waals surface area contributed by atoms with Gasteiger partial charge in [0.05, 0.1) is 7.11 Å². The standard InChI is InChI=1S/C26H36N2O4/c1-7-20(5)27-26(30)24(8-2)28(16-21-10-9-11-22(15-21)31-6)25(29)17-32-23-13-12-18(3)19(4)14-23/h9-15,20,24H,7-8,16-17H2,1-6H3,(H,27,30)/t20-,24-/m0/s1. The van der Waals surface area contributed by atoms with Crippen molar-refractivity contribution >= 4 is 11.8 Å². The summed E-state index contributed by atoms with van der Waals surface area (Å²) in [6, 6.07) is 12.7. The van der Waals surface area contributed by atoms with Crippen LogP contribution in [0.3, 0.4) is 0 Å². The molecule has 0 heterocycles. The SMILES string of the molecule is CC[C@H](C)NC(=O)[C@H](CC)N(Cc1cccc(OC)c1)C(=O)COc1ccc(C)c(C)c1. The fourth-order valence-electron chi connectivity index (χ4n) is 3.36. The first-order chi connectivity index (χ1) is 15.3. The molecule has 1 N–H and O–H groups in total. The first kappa shape index (κ1) is 25.2. The predicted octanol–water partition coefficient (Wildman–Crippen LogP) is 4.41. The Bertz CT molecular complexity index is 912. The number of hydrogen-bond donors (Lipinski definition) is 1. The van der Waals surface area contributed by atoms with E-state index in [0.29, 0.717) is 24.5 Å². The lowest BCUT2D eigenvalue weighted by Crippen LogP contribution is -2.51. The number of hydrogen-bond acceptors (Lipinski definition) is 4. The molecule has 2 aromatic rings. The Hall–Kier alpha value is -3.02. The van der Waals surface area contributed by atoms with Crippen LogP contribution in [-0.2, 0) is 16.1 Å². The van der Waals surface area contributed by atoms with E-state index < -0.39 is 6.04 Å². The molecule has 0 bridgehead atoms. The summed E-state index contributed by atoms with van der Waals surface area (Å²) >= 11 is 0. The Kier molecular flexibility index (Phi) is 9.57. The van der Waals surface area contributed by atoms with Crippen LogP contribution in [0.4, 0.5) is 0 Å². The van der Waals surface area contributed by atoms with Gasteiger partial charge in [-0.2, -0.15) is 0 Å². The van der Waals surface area contributed by atoms with Crippen molar-refractivity contribution in [2.45, 2.75) is 66.1 Å².